The predicted molar refractivity (Wildman–Crippen MR) is 139 cm³/mol. The van der Waals surface area contributed by atoms with E-state index in [0.29, 0.717) is 0 Å². The molecule has 172 valence electrons. The first-order chi connectivity index (χ1) is 14.4. The lowest BCUT2D eigenvalue weighted by atomic mass is 9.74. The van der Waals surface area contributed by atoms with E-state index < -0.39 is 0 Å². The summed E-state index contributed by atoms with van der Waals surface area (Å²) in [5, 5.41) is 11.6. The van der Waals surface area contributed by atoms with Gasteiger partial charge in [-0.15, -0.1) is 24.0 Å². The first-order valence-corrected chi connectivity index (χ1v) is 11.1. The number of aliphatic imine (C=N–C) groups is 1. The highest BCUT2D eigenvalue weighted by molar-refractivity contribution is 14.0. The van der Waals surface area contributed by atoms with Crippen LogP contribution in [0, 0.1) is 13.8 Å². The number of hydrogen-bond donors (Lipinski definition) is 2. The molecule has 0 radical (unpaired) electrons. The molecular weight excluding hydrogens is 501 g/mol. The highest BCUT2D eigenvalue weighted by Gasteiger charge is 2.34. The second-order valence-electron chi connectivity index (χ2n) is 8.48. The summed E-state index contributed by atoms with van der Waals surface area (Å²) in [5.41, 5.74) is 5.06. The van der Waals surface area contributed by atoms with Crippen molar-refractivity contribution in [2.24, 2.45) is 12.0 Å². The van der Waals surface area contributed by atoms with E-state index in [9.17, 15) is 0 Å². The van der Waals surface area contributed by atoms with E-state index in [1.54, 1.807) is 0 Å². The van der Waals surface area contributed by atoms with Gasteiger partial charge in [-0.25, -0.2) is 0 Å². The summed E-state index contributed by atoms with van der Waals surface area (Å²) in [5.74, 6) is 0.881. The van der Waals surface area contributed by atoms with Crippen molar-refractivity contribution in [3.63, 3.8) is 0 Å². The second-order valence-corrected chi connectivity index (χ2v) is 8.48. The lowest BCUT2D eigenvalue weighted by Gasteiger charge is -2.36. The zero-order chi connectivity index (χ0) is 21.6. The Morgan fingerprint density at radius 3 is 2.48 bits per heavy atom. The van der Waals surface area contributed by atoms with Gasteiger partial charge in [0.25, 0.3) is 0 Å². The third kappa shape index (κ3) is 6.44. The number of nitrogens with zero attached hydrogens (tertiary/aromatic N) is 3. The fourth-order valence-corrected chi connectivity index (χ4v) is 4.35. The third-order valence-electron chi connectivity index (χ3n) is 6.27. The summed E-state index contributed by atoms with van der Waals surface area (Å²) in [4.78, 5) is 5.04. The van der Waals surface area contributed by atoms with Crippen LogP contribution in [-0.4, -0.2) is 48.1 Å². The van der Waals surface area contributed by atoms with E-state index in [0.717, 1.165) is 57.2 Å². The molecule has 7 heteroatoms. The summed E-state index contributed by atoms with van der Waals surface area (Å²) in [6.45, 7) is 11.7. The van der Waals surface area contributed by atoms with Gasteiger partial charge in [-0.1, -0.05) is 30.3 Å². The molecule has 0 aliphatic carbocycles. The molecule has 6 nitrogen and oxygen atoms in total. The lowest BCUT2D eigenvalue weighted by molar-refractivity contribution is 0.0531. The number of ether oxygens (including phenoxy) is 1. The summed E-state index contributed by atoms with van der Waals surface area (Å²) in [6.07, 6.45) is 2.93. The molecule has 2 heterocycles. The molecule has 31 heavy (non-hydrogen) atoms. The smallest absolute Gasteiger partial charge is 0.191 e. The molecular formula is C24H38IN5O. The molecule has 1 aromatic heterocycles. The van der Waals surface area contributed by atoms with Crippen molar-refractivity contribution < 1.29 is 4.74 Å². The van der Waals surface area contributed by atoms with Crippen LogP contribution in [0.1, 0.15) is 49.2 Å². The maximum atomic E-state index is 5.67. The van der Waals surface area contributed by atoms with Crippen molar-refractivity contribution in [2.45, 2.75) is 58.4 Å². The van der Waals surface area contributed by atoms with E-state index >= 15 is 0 Å². The third-order valence-corrected chi connectivity index (χ3v) is 6.27. The lowest BCUT2D eigenvalue weighted by Crippen LogP contribution is -2.45. The van der Waals surface area contributed by atoms with E-state index in [1.807, 2.05) is 11.7 Å². The van der Waals surface area contributed by atoms with Gasteiger partial charge in [-0.05, 0) is 58.1 Å². The average molecular weight is 540 g/mol. The average Bonchev–Trinajstić information content (AvgIpc) is 2.99. The monoisotopic (exact) mass is 539 g/mol. The SMILES string of the molecule is CCNC(=NCC1(c2ccccc2)CCOCC1)NC(C)Cc1c(C)nn(C)c1C.I. The highest BCUT2D eigenvalue weighted by Crippen LogP contribution is 2.35. The molecule has 1 unspecified atom stereocenters. The molecule has 2 aromatic rings. The Morgan fingerprint density at radius 1 is 1.23 bits per heavy atom. The quantitative estimate of drug-likeness (QED) is 0.319. The number of halogens is 1. The molecule has 0 amide bonds. The molecule has 1 aliphatic heterocycles. The Kier molecular flexibility index (Phi) is 9.81. The summed E-state index contributed by atoms with van der Waals surface area (Å²) in [7, 11) is 2.01. The van der Waals surface area contributed by atoms with Gasteiger partial charge in [0.2, 0.25) is 0 Å². The molecule has 3 rings (SSSR count). The van der Waals surface area contributed by atoms with Crippen molar-refractivity contribution in [2.75, 3.05) is 26.3 Å². The topological polar surface area (TPSA) is 63.5 Å². The number of guanidine groups is 1. The van der Waals surface area contributed by atoms with Gasteiger partial charge in [0.05, 0.1) is 12.2 Å². The normalized spacial score (nSPS) is 17.0. The standard InChI is InChI=1S/C24H37N5O.HI/c1-6-25-23(27-18(2)16-22-19(3)28-29(5)20(22)4)26-17-24(12-14-30-15-13-24)21-10-8-7-9-11-21;/h7-11,18H,6,12-17H2,1-5H3,(H2,25,26,27);1H. The van der Waals surface area contributed by atoms with Crippen molar-refractivity contribution in [3.05, 3.63) is 52.8 Å². The minimum absolute atomic E-state index is 0. The molecule has 1 aliphatic rings. The number of rotatable bonds is 7. The fraction of sp³-hybridized carbons (Fsp3) is 0.583. The Morgan fingerprint density at radius 2 is 1.90 bits per heavy atom. The maximum Gasteiger partial charge on any atom is 0.191 e. The van der Waals surface area contributed by atoms with E-state index in [4.69, 9.17) is 9.73 Å². The van der Waals surface area contributed by atoms with Crippen molar-refractivity contribution in [1.29, 1.82) is 0 Å². The van der Waals surface area contributed by atoms with Crippen molar-refractivity contribution in [3.8, 4) is 0 Å². The molecule has 0 bridgehead atoms. The Hall–Kier alpha value is -1.61. The van der Waals surface area contributed by atoms with Crippen LogP contribution >= 0.6 is 24.0 Å². The van der Waals surface area contributed by atoms with Gasteiger partial charge in [0, 0.05) is 44.0 Å². The maximum absolute atomic E-state index is 5.67. The van der Waals surface area contributed by atoms with Crippen LogP contribution in [0.2, 0.25) is 0 Å². The van der Waals surface area contributed by atoms with Crippen molar-refractivity contribution in [1.82, 2.24) is 20.4 Å². The number of aromatic nitrogens is 2. The first-order valence-electron chi connectivity index (χ1n) is 11.1. The van der Waals surface area contributed by atoms with E-state index in [2.05, 4.69) is 73.8 Å². The fourth-order valence-electron chi connectivity index (χ4n) is 4.35. The minimum atomic E-state index is 0. The van der Waals surface area contributed by atoms with Crippen LogP contribution in [0.15, 0.2) is 35.3 Å². The van der Waals surface area contributed by atoms with Crippen molar-refractivity contribution >= 4 is 29.9 Å². The Balaban J connectivity index is 0.00000341. The summed E-state index contributed by atoms with van der Waals surface area (Å²) >= 11 is 0. The number of hydrogen-bond acceptors (Lipinski definition) is 3. The number of benzene rings is 1. The summed E-state index contributed by atoms with van der Waals surface area (Å²) in [6, 6.07) is 11.1. The van der Waals surface area contributed by atoms with Crippen LogP contribution in [-0.2, 0) is 23.6 Å². The van der Waals surface area contributed by atoms with Crippen LogP contribution in [0.3, 0.4) is 0 Å². The first kappa shape index (κ1) is 25.6. The molecule has 1 aromatic carbocycles. The Bertz CT molecular complexity index is 843. The molecule has 1 saturated heterocycles. The number of nitrogens with one attached hydrogen (secondary N) is 2. The van der Waals surface area contributed by atoms with E-state index in [1.165, 1.54) is 16.8 Å². The van der Waals surface area contributed by atoms with Gasteiger partial charge >= 0.3 is 0 Å². The molecule has 1 fully saturated rings. The van der Waals surface area contributed by atoms with Crippen LogP contribution < -0.4 is 10.6 Å². The van der Waals surface area contributed by atoms with Gasteiger partial charge in [0.15, 0.2) is 5.96 Å². The zero-order valence-corrected chi connectivity index (χ0v) is 21.9. The van der Waals surface area contributed by atoms with Crippen LogP contribution in [0.4, 0.5) is 0 Å². The molecule has 0 saturated carbocycles. The predicted octanol–water partition coefficient (Wildman–Crippen LogP) is 3.89. The van der Waals surface area contributed by atoms with Gasteiger partial charge < -0.3 is 15.4 Å². The van der Waals surface area contributed by atoms with Gasteiger partial charge in [-0.2, -0.15) is 5.10 Å². The Labute approximate surface area is 204 Å². The van der Waals surface area contributed by atoms with Crippen LogP contribution in [0.5, 0.6) is 0 Å². The molecule has 0 spiro atoms. The molecule has 2 N–H and O–H groups in total. The summed E-state index contributed by atoms with van der Waals surface area (Å²) < 4.78 is 7.63. The van der Waals surface area contributed by atoms with Gasteiger partial charge in [0.1, 0.15) is 0 Å². The van der Waals surface area contributed by atoms with Gasteiger partial charge in [-0.3, -0.25) is 9.67 Å². The van der Waals surface area contributed by atoms with Crippen LogP contribution in [0.25, 0.3) is 0 Å². The van der Waals surface area contributed by atoms with E-state index in [-0.39, 0.29) is 35.4 Å². The zero-order valence-electron chi connectivity index (χ0n) is 19.6. The highest BCUT2D eigenvalue weighted by atomic mass is 127. The largest absolute Gasteiger partial charge is 0.381 e. The minimum Gasteiger partial charge on any atom is -0.381 e. The second kappa shape index (κ2) is 11.9. The number of aryl methyl sites for hydroxylation is 2. The molecule has 1 atom stereocenters.